The van der Waals surface area contributed by atoms with Gasteiger partial charge in [0.2, 0.25) is 11.8 Å². The second-order valence-electron chi connectivity index (χ2n) is 6.03. The lowest BCUT2D eigenvalue weighted by Gasteiger charge is -2.54. The Bertz CT molecular complexity index is 555. The lowest BCUT2D eigenvalue weighted by atomic mass is 9.62. The minimum atomic E-state index is -1.03. The van der Waals surface area contributed by atoms with Gasteiger partial charge in [0.25, 0.3) is 0 Å². The Kier molecular flexibility index (Phi) is 1.83. The fourth-order valence-corrected chi connectivity index (χ4v) is 4.28. The van der Waals surface area contributed by atoms with Crippen molar-refractivity contribution in [3.05, 3.63) is 24.3 Å². The van der Waals surface area contributed by atoms with Crippen LogP contribution in [0.1, 0.15) is 12.8 Å². The maximum Gasteiger partial charge on any atom is 0.238 e. The number of carbonyl (C=O) groups excluding carboxylic acids is 2. The molecule has 5 heterocycles. The Hall–Kier alpha value is -1.62. The highest BCUT2D eigenvalue weighted by Gasteiger charge is 2.68. The van der Waals surface area contributed by atoms with Gasteiger partial charge in [0.05, 0.1) is 23.6 Å². The van der Waals surface area contributed by atoms with Crippen molar-refractivity contribution in [2.24, 2.45) is 11.3 Å². The lowest BCUT2D eigenvalue weighted by molar-refractivity contribution is -0.155. The number of aliphatic hydroxyl groups excluding tert-OH is 1. The van der Waals surface area contributed by atoms with Gasteiger partial charge in [-0.15, -0.1) is 0 Å². The van der Waals surface area contributed by atoms with E-state index in [1.807, 2.05) is 24.3 Å². The van der Waals surface area contributed by atoms with Crippen LogP contribution in [0.5, 0.6) is 0 Å². The van der Waals surface area contributed by atoms with Crippen molar-refractivity contribution >= 4 is 11.8 Å². The van der Waals surface area contributed by atoms with Gasteiger partial charge in [0.1, 0.15) is 5.41 Å². The van der Waals surface area contributed by atoms with E-state index in [4.69, 9.17) is 0 Å². The van der Waals surface area contributed by atoms with Crippen LogP contribution in [0.25, 0.3) is 0 Å². The molecular formula is C14H16N2O3. The minimum absolute atomic E-state index is 0.0466. The van der Waals surface area contributed by atoms with E-state index in [0.29, 0.717) is 12.8 Å². The first-order chi connectivity index (χ1) is 9.02. The van der Waals surface area contributed by atoms with Crippen molar-refractivity contribution in [1.29, 1.82) is 0 Å². The summed E-state index contributed by atoms with van der Waals surface area (Å²) in [5.41, 5.74) is -1.79. The SMILES string of the molecule is CN1C(=O)[C@]23C=C[C@H]1[C@@H]1C=C[C@@]2(CC[C@@H]3O)NC1=O. The Morgan fingerprint density at radius 1 is 1.37 bits per heavy atom. The first-order valence-electron chi connectivity index (χ1n) is 6.68. The molecule has 5 atom stereocenters. The molecule has 5 nitrogen and oxygen atoms in total. The lowest BCUT2D eigenvalue weighted by Crippen LogP contribution is -2.72. The van der Waals surface area contributed by atoms with Gasteiger partial charge in [-0.25, -0.2) is 0 Å². The molecule has 4 bridgehead atoms. The number of likely N-dealkylation sites (N-methyl/N-ethyl adjacent to an activating group) is 1. The van der Waals surface area contributed by atoms with E-state index >= 15 is 0 Å². The Labute approximate surface area is 111 Å². The Morgan fingerprint density at radius 2 is 2.16 bits per heavy atom. The van der Waals surface area contributed by atoms with Crippen molar-refractivity contribution < 1.29 is 14.7 Å². The van der Waals surface area contributed by atoms with Gasteiger partial charge < -0.3 is 15.3 Å². The standard InChI is InChI=1S/C14H16N2O3/c1-16-9-3-7-14(12(16)19)10(17)4-6-13(14)5-2-8(9)11(18)15-13/h2-3,5,7-10,17H,4,6H2,1H3,(H,15,18)/t8-,9-,10-,13-,14+/m0/s1. The molecule has 2 fully saturated rings. The van der Waals surface area contributed by atoms with Gasteiger partial charge >= 0.3 is 0 Å². The van der Waals surface area contributed by atoms with Crippen LogP contribution in [-0.2, 0) is 9.59 Å². The largest absolute Gasteiger partial charge is 0.392 e. The molecule has 2 amide bonds. The third kappa shape index (κ3) is 0.994. The van der Waals surface area contributed by atoms with E-state index in [-0.39, 0.29) is 23.8 Å². The molecule has 5 heteroatoms. The molecule has 2 N–H and O–H groups in total. The molecule has 19 heavy (non-hydrogen) atoms. The van der Waals surface area contributed by atoms with E-state index in [9.17, 15) is 14.7 Å². The molecule has 5 aliphatic heterocycles. The van der Waals surface area contributed by atoms with E-state index in [1.54, 1.807) is 11.9 Å². The van der Waals surface area contributed by atoms with Gasteiger partial charge in [0.15, 0.2) is 0 Å². The quantitative estimate of drug-likeness (QED) is 0.581. The predicted octanol–water partition coefficient (Wildman–Crippen LogP) is -0.421. The van der Waals surface area contributed by atoms with Gasteiger partial charge in [-0.3, -0.25) is 9.59 Å². The van der Waals surface area contributed by atoms with E-state index in [2.05, 4.69) is 5.32 Å². The summed E-state index contributed by atoms with van der Waals surface area (Å²) in [6.07, 6.45) is 7.96. The molecule has 0 radical (unpaired) electrons. The van der Waals surface area contributed by atoms with Gasteiger partial charge in [-0.2, -0.15) is 0 Å². The molecule has 1 saturated heterocycles. The fraction of sp³-hybridized carbons (Fsp3) is 0.571. The summed E-state index contributed by atoms with van der Waals surface area (Å²) in [7, 11) is 1.72. The summed E-state index contributed by atoms with van der Waals surface area (Å²) < 4.78 is 0. The number of amides is 2. The van der Waals surface area contributed by atoms with Crippen LogP contribution in [0.3, 0.4) is 0 Å². The highest BCUT2D eigenvalue weighted by atomic mass is 16.3. The molecule has 2 aliphatic carbocycles. The molecule has 7 aliphatic rings. The zero-order chi connectivity index (χ0) is 13.4. The van der Waals surface area contributed by atoms with Crippen molar-refractivity contribution in [3.8, 4) is 0 Å². The summed E-state index contributed by atoms with van der Waals surface area (Å²) in [6, 6.07) is -0.250. The van der Waals surface area contributed by atoms with Crippen LogP contribution in [0.15, 0.2) is 24.3 Å². The number of aliphatic hydroxyl groups is 1. The first-order valence-corrected chi connectivity index (χ1v) is 6.68. The molecule has 0 aromatic carbocycles. The predicted molar refractivity (Wildman–Crippen MR) is 66.9 cm³/mol. The first kappa shape index (κ1) is 11.2. The van der Waals surface area contributed by atoms with Crippen molar-refractivity contribution in [1.82, 2.24) is 10.2 Å². The summed E-state index contributed by atoms with van der Waals surface area (Å²) in [5, 5.41) is 13.4. The monoisotopic (exact) mass is 260 g/mol. The van der Waals surface area contributed by atoms with Crippen LogP contribution in [0.4, 0.5) is 0 Å². The number of hydrogen-bond acceptors (Lipinski definition) is 3. The third-order valence-corrected chi connectivity index (χ3v) is 5.36. The fourth-order valence-electron chi connectivity index (χ4n) is 4.28. The maximum atomic E-state index is 12.8. The summed E-state index contributed by atoms with van der Waals surface area (Å²) in [4.78, 5) is 26.7. The Morgan fingerprint density at radius 3 is 2.89 bits per heavy atom. The van der Waals surface area contributed by atoms with Gasteiger partial charge in [-0.1, -0.05) is 24.3 Å². The molecule has 0 aromatic rings. The average Bonchev–Trinajstić information content (AvgIpc) is 2.60. The summed E-state index contributed by atoms with van der Waals surface area (Å²) in [5.74, 6) is -0.458. The van der Waals surface area contributed by atoms with E-state index < -0.39 is 17.1 Å². The molecule has 0 aromatic heterocycles. The zero-order valence-electron chi connectivity index (χ0n) is 10.7. The molecular weight excluding hydrogens is 244 g/mol. The highest BCUT2D eigenvalue weighted by molar-refractivity contribution is 5.96. The number of rotatable bonds is 0. The Balaban J connectivity index is 2.05. The van der Waals surface area contributed by atoms with Crippen molar-refractivity contribution in [2.45, 2.75) is 30.5 Å². The highest BCUT2D eigenvalue weighted by Crippen LogP contribution is 2.54. The van der Waals surface area contributed by atoms with Gasteiger partial charge in [-0.05, 0) is 12.8 Å². The summed E-state index contributed by atoms with van der Waals surface area (Å²) in [6.45, 7) is 0. The average molecular weight is 260 g/mol. The van der Waals surface area contributed by atoms with Crippen molar-refractivity contribution in [2.75, 3.05) is 7.05 Å². The molecule has 2 spiro atoms. The summed E-state index contributed by atoms with van der Waals surface area (Å²) >= 11 is 0. The van der Waals surface area contributed by atoms with Crippen LogP contribution >= 0.6 is 0 Å². The molecule has 0 unspecified atom stereocenters. The zero-order valence-corrected chi connectivity index (χ0v) is 10.7. The third-order valence-electron chi connectivity index (χ3n) is 5.36. The van der Waals surface area contributed by atoms with E-state index in [0.717, 1.165) is 0 Å². The number of nitrogens with one attached hydrogen (secondary N) is 1. The minimum Gasteiger partial charge on any atom is -0.392 e. The van der Waals surface area contributed by atoms with Gasteiger partial charge in [0, 0.05) is 7.05 Å². The molecule has 100 valence electrons. The smallest absolute Gasteiger partial charge is 0.238 e. The van der Waals surface area contributed by atoms with Crippen LogP contribution in [0, 0.1) is 11.3 Å². The topological polar surface area (TPSA) is 69.6 Å². The van der Waals surface area contributed by atoms with Crippen LogP contribution in [0.2, 0.25) is 0 Å². The molecule has 7 rings (SSSR count). The number of hydrogen-bond donors (Lipinski definition) is 2. The number of nitrogens with zero attached hydrogens (tertiary/aromatic N) is 1. The van der Waals surface area contributed by atoms with Crippen molar-refractivity contribution in [3.63, 3.8) is 0 Å². The second-order valence-corrected chi connectivity index (χ2v) is 6.03. The number of carbonyl (C=O) groups is 2. The van der Waals surface area contributed by atoms with Crippen LogP contribution in [-0.4, -0.2) is 46.6 Å². The second kappa shape index (κ2) is 3.10. The van der Waals surface area contributed by atoms with E-state index in [1.165, 1.54) is 0 Å². The molecule has 1 saturated carbocycles. The maximum absolute atomic E-state index is 12.8. The van der Waals surface area contributed by atoms with Crippen LogP contribution < -0.4 is 5.32 Å². The normalized spacial score (nSPS) is 50.2.